The highest BCUT2D eigenvalue weighted by Gasteiger charge is 2.48. The molecule has 1 unspecified atom stereocenters. The summed E-state index contributed by atoms with van der Waals surface area (Å²) in [5, 5.41) is 4.87. The fourth-order valence-electron chi connectivity index (χ4n) is 5.49. The lowest BCUT2D eigenvalue weighted by Crippen LogP contribution is -2.64. The number of benzene rings is 2. The molecule has 2 amide bonds. The van der Waals surface area contributed by atoms with Gasteiger partial charge in [0.1, 0.15) is 17.0 Å². The molecule has 0 bridgehead atoms. The van der Waals surface area contributed by atoms with E-state index >= 15 is 0 Å². The van der Waals surface area contributed by atoms with Crippen LogP contribution in [0.1, 0.15) is 61.5 Å². The van der Waals surface area contributed by atoms with Crippen LogP contribution in [0.3, 0.4) is 0 Å². The van der Waals surface area contributed by atoms with Crippen LogP contribution in [0.25, 0.3) is 10.9 Å². The lowest BCUT2D eigenvalue weighted by Gasteiger charge is -2.44. The van der Waals surface area contributed by atoms with Gasteiger partial charge >= 0.3 is 0 Å². The van der Waals surface area contributed by atoms with Crippen molar-refractivity contribution in [2.45, 2.75) is 70.1 Å². The van der Waals surface area contributed by atoms with Crippen molar-refractivity contribution in [2.75, 3.05) is 7.11 Å². The molecule has 2 aliphatic rings. The molecule has 3 aromatic rings. The van der Waals surface area contributed by atoms with E-state index in [4.69, 9.17) is 16.3 Å². The summed E-state index contributed by atoms with van der Waals surface area (Å²) < 4.78 is 7.41. The Bertz CT molecular complexity index is 1260. The number of carbonyl (C=O) groups is 2. The molecule has 35 heavy (non-hydrogen) atoms. The smallest absolute Gasteiger partial charge is 0.271 e. The molecule has 1 aliphatic heterocycles. The zero-order valence-corrected chi connectivity index (χ0v) is 21.1. The van der Waals surface area contributed by atoms with Gasteiger partial charge in [0.2, 0.25) is 5.91 Å². The van der Waals surface area contributed by atoms with Crippen LogP contribution >= 0.6 is 11.6 Å². The van der Waals surface area contributed by atoms with E-state index in [2.05, 4.69) is 5.32 Å². The Hall–Kier alpha value is -2.99. The maximum atomic E-state index is 14.0. The quantitative estimate of drug-likeness (QED) is 0.473. The van der Waals surface area contributed by atoms with Crippen molar-refractivity contribution in [1.29, 1.82) is 0 Å². The van der Waals surface area contributed by atoms with E-state index in [0.717, 1.165) is 47.9 Å². The molecule has 184 valence electrons. The zero-order valence-electron chi connectivity index (χ0n) is 20.4. The number of halogens is 1. The Labute approximate surface area is 211 Å². The van der Waals surface area contributed by atoms with Crippen LogP contribution in [-0.4, -0.2) is 40.0 Å². The fourth-order valence-corrected chi connectivity index (χ4v) is 5.70. The normalized spacial score (nSPS) is 21.0. The van der Waals surface area contributed by atoms with Gasteiger partial charge in [0.05, 0.1) is 19.2 Å². The highest BCUT2D eigenvalue weighted by Crippen LogP contribution is 2.35. The van der Waals surface area contributed by atoms with Crippen LogP contribution in [0.5, 0.6) is 5.75 Å². The van der Waals surface area contributed by atoms with Gasteiger partial charge in [0.25, 0.3) is 5.91 Å². The average Bonchev–Trinajstić information content (AvgIpc) is 3.01. The van der Waals surface area contributed by atoms with Crippen LogP contribution in [0.15, 0.2) is 48.5 Å². The number of hydrogen-bond donors (Lipinski definition) is 1. The van der Waals surface area contributed by atoms with E-state index in [-0.39, 0.29) is 17.9 Å². The Morgan fingerprint density at radius 3 is 2.60 bits per heavy atom. The summed E-state index contributed by atoms with van der Waals surface area (Å²) in [6.45, 7) is 2.55. The van der Waals surface area contributed by atoms with Crippen molar-refractivity contribution in [3.63, 3.8) is 0 Å². The number of fused-ring (bicyclic) bond motifs is 3. The van der Waals surface area contributed by atoms with Crippen LogP contribution in [0, 0.1) is 0 Å². The fraction of sp³-hybridized carbons (Fsp3) is 0.429. The van der Waals surface area contributed by atoms with Crippen molar-refractivity contribution in [3.05, 3.63) is 64.8 Å². The number of rotatable bonds is 5. The maximum absolute atomic E-state index is 14.0. The van der Waals surface area contributed by atoms with Crippen molar-refractivity contribution < 1.29 is 14.3 Å². The molecule has 1 aromatic heterocycles. The van der Waals surface area contributed by atoms with E-state index in [0.29, 0.717) is 23.8 Å². The van der Waals surface area contributed by atoms with Crippen molar-refractivity contribution >= 4 is 34.3 Å². The van der Waals surface area contributed by atoms with Crippen molar-refractivity contribution in [2.24, 2.45) is 0 Å². The number of amides is 2. The Morgan fingerprint density at radius 1 is 1.11 bits per heavy atom. The molecule has 7 heteroatoms. The third-order valence-electron chi connectivity index (χ3n) is 7.55. The van der Waals surface area contributed by atoms with Gasteiger partial charge in [-0.15, -0.1) is 0 Å². The predicted molar refractivity (Wildman–Crippen MR) is 138 cm³/mol. The minimum atomic E-state index is -1.06. The first-order valence-electron chi connectivity index (χ1n) is 12.4. The van der Waals surface area contributed by atoms with Crippen LogP contribution in [-0.2, 0) is 17.9 Å². The number of nitrogens with one attached hydrogen (secondary N) is 1. The molecule has 1 aliphatic carbocycles. The molecule has 1 fully saturated rings. The maximum Gasteiger partial charge on any atom is 0.271 e. The summed E-state index contributed by atoms with van der Waals surface area (Å²) in [4.78, 5) is 29.6. The summed E-state index contributed by atoms with van der Waals surface area (Å²) in [5.41, 5.74) is 1.30. The first-order valence-corrected chi connectivity index (χ1v) is 12.8. The topological polar surface area (TPSA) is 63.6 Å². The van der Waals surface area contributed by atoms with Gasteiger partial charge in [-0.1, -0.05) is 49.4 Å². The molecule has 2 aromatic carbocycles. The largest absolute Gasteiger partial charge is 0.497 e. The number of hydrogen-bond acceptors (Lipinski definition) is 3. The van der Waals surface area contributed by atoms with Gasteiger partial charge in [-0.3, -0.25) is 9.59 Å². The summed E-state index contributed by atoms with van der Waals surface area (Å²) in [7, 11) is 1.63. The van der Waals surface area contributed by atoms with Crippen LogP contribution < -0.4 is 10.1 Å². The number of carbonyl (C=O) groups excluding carboxylic acids is 2. The monoisotopic (exact) mass is 493 g/mol. The molecule has 1 N–H and O–H groups in total. The van der Waals surface area contributed by atoms with Gasteiger partial charge in [-0.2, -0.15) is 0 Å². The van der Waals surface area contributed by atoms with Crippen molar-refractivity contribution in [3.8, 4) is 5.75 Å². The van der Waals surface area contributed by atoms with Gasteiger partial charge in [-0.05, 0) is 55.7 Å². The first-order chi connectivity index (χ1) is 16.9. The molecule has 1 atom stereocenters. The highest BCUT2D eigenvalue weighted by atomic mass is 35.5. The number of aromatic nitrogens is 1. The van der Waals surface area contributed by atoms with Crippen LogP contribution in [0.4, 0.5) is 0 Å². The van der Waals surface area contributed by atoms with Crippen molar-refractivity contribution in [1.82, 2.24) is 14.8 Å². The predicted octanol–water partition coefficient (Wildman–Crippen LogP) is 5.56. The lowest BCUT2D eigenvalue weighted by atomic mass is 9.93. The molecule has 6 nitrogen and oxygen atoms in total. The number of methoxy groups -OCH3 is 1. The van der Waals surface area contributed by atoms with E-state index in [9.17, 15) is 9.59 Å². The van der Waals surface area contributed by atoms with Gasteiger partial charge in [0.15, 0.2) is 0 Å². The Morgan fingerprint density at radius 2 is 1.89 bits per heavy atom. The SMILES string of the molecule is COc1ccc2cc3n(c2c1)CC(C)(C(=O)NC1CCCCCC1)N(Cc1cccc(Cl)c1)C3=O. The van der Waals surface area contributed by atoms with Crippen LogP contribution in [0.2, 0.25) is 5.02 Å². The second-order valence-corrected chi connectivity index (χ2v) is 10.4. The standard InChI is InChI=1S/C28H32ClN3O3/c1-28(27(34)30-22-10-5-3-4-6-11-22)18-31-24-16-23(35-2)13-12-20(24)15-25(31)26(33)32(28)17-19-8-7-9-21(29)14-19/h7-9,12-16,22H,3-6,10-11,17-18H2,1-2H3,(H,30,34). The van der Waals surface area contributed by atoms with E-state index < -0.39 is 5.54 Å². The Kier molecular flexibility index (Phi) is 6.49. The van der Waals surface area contributed by atoms with Gasteiger partial charge in [0, 0.05) is 29.1 Å². The molecule has 0 saturated heterocycles. The summed E-state index contributed by atoms with van der Waals surface area (Å²) in [5.74, 6) is 0.455. The third-order valence-corrected chi connectivity index (χ3v) is 7.78. The minimum absolute atomic E-state index is 0.102. The van der Waals surface area contributed by atoms with Gasteiger partial charge < -0.3 is 19.5 Å². The summed E-state index contributed by atoms with van der Waals surface area (Å²) in [6, 6.07) is 15.3. The third kappa shape index (κ3) is 4.52. The summed E-state index contributed by atoms with van der Waals surface area (Å²) >= 11 is 6.24. The molecular formula is C28H32ClN3O3. The first kappa shape index (κ1) is 23.7. The number of nitrogens with zero attached hydrogens (tertiary/aromatic N) is 2. The Balaban J connectivity index is 1.56. The molecule has 2 heterocycles. The lowest BCUT2D eigenvalue weighted by molar-refractivity contribution is -0.134. The van der Waals surface area contributed by atoms with Gasteiger partial charge in [-0.25, -0.2) is 0 Å². The number of ether oxygens (including phenoxy) is 1. The second kappa shape index (κ2) is 9.57. The molecule has 0 radical (unpaired) electrons. The zero-order chi connectivity index (χ0) is 24.6. The second-order valence-electron chi connectivity index (χ2n) is 10.00. The van der Waals surface area contributed by atoms with E-state index in [1.54, 1.807) is 12.0 Å². The molecule has 5 rings (SSSR count). The molecule has 1 saturated carbocycles. The highest BCUT2D eigenvalue weighted by molar-refractivity contribution is 6.30. The minimum Gasteiger partial charge on any atom is -0.497 e. The average molecular weight is 494 g/mol. The van der Waals surface area contributed by atoms with E-state index in [1.165, 1.54) is 12.8 Å². The summed E-state index contributed by atoms with van der Waals surface area (Å²) in [6.07, 6.45) is 6.64. The molecule has 0 spiro atoms. The molecular weight excluding hydrogens is 462 g/mol. The van der Waals surface area contributed by atoms with E-state index in [1.807, 2.05) is 60.0 Å².